The fourth-order valence-electron chi connectivity index (χ4n) is 3.57. The highest BCUT2D eigenvalue weighted by atomic mass is 35.5. The van der Waals surface area contributed by atoms with Crippen LogP contribution in [0.5, 0.6) is 0 Å². The smallest absolute Gasteiger partial charge is 0.279 e. The van der Waals surface area contributed by atoms with E-state index in [1.54, 1.807) is 12.1 Å². The van der Waals surface area contributed by atoms with Crippen molar-refractivity contribution in [2.75, 3.05) is 16.8 Å². The van der Waals surface area contributed by atoms with Gasteiger partial charge in [0.05, 0.1) is 0 Å². The molecule has 0 saturated heterocycles. The van der Waals surface area contributed by atoms with Crippen molar-refractivity contribution in [2.24, 2.45) is 0 Å². The number of amides is 1. The van der Waals surface area contributed by atoms with Crippen molar-refractivity contribution < 1.29 is 4.79 Å². The first kappa shape index (κ1) is 18.4. The molecule has 0 aliphatic carbocycles. The number of para-hydroxylation sites is 1. The molecule has 0 spiro atoms. The van der Waals surface area contributed by atoms with Crippen molar-refractivity contribution in [1.29, 1.82) is 0 Å². The Morgan fingerprint density at radius 1 is 1.14 bits per heavy atom. The molecule has 28 heavy (non-hydrogen) atoms. The van der Waals surface area contributed by atoms with Crippen LogP contribution in [-0.4, -0.2) is 28.7 Å². The van der Waals surface area contributed by atoms with Gasteiger partial charge in [0.1, 0.15) is 5.82 Å². The van der Waals surface area contributed by atoms with E-state index in [-0.39, 0.29) is 11.9 Å². The number of hydrogen-bond acceptors (Lipinski definition) is 4. The summed E-state index contributed by atoms with van der Waals surface area (Å²) in [6.07, 6.45) is 1.68. The Bertz CT molecular complexity index is 990. The van der Waals surface area contributed by atoms with Crippen molar-refractivity contribution in [3.63, 3.8) is 0 Å². The molecule has 0 bridgehead atoms. The number of halogens is 1. The Kier molecular flexibility index (Phi) is 5.26. The summed E-state index contributed by atoms with van der Waals surface area (Å²) in [5.74, 6) is 0.531. The van der Waals surface area contributed by atoms with E-state index in [9.17, 15) is 4.79 Å². The van der Waals surface area contributed by atoms with E-state index in [4.69, 9.17) is 11.6 Å². The lowest BCUT2D eigenvalue weighted by Gasteiger charge is -2.22. The van der Waals surface area contributed by atoms with E-state index in [0.29, 0.717) is 18.1 Å². The molecular weight excluding hydrogens is 372 g/mol. The van der Waals surface area contributed by atoms with Crippen LogP contribution in [0.3, 0.4) is 0 Å². The van der Waals surface area contributed by atoms with Crippen molar-refractivity contribution in [3.8, 4) is 0 Å². The third kappa shape index (κ3) is 3.85. The highest BCUT2D eigenvalue weighted by molar-refractivity contribution is 6.30. The third-order valence-electron chi connectivity index (χ3n) is 4.92. The number of rotatable bonds is 5. The number of fused-ring (bicyclic) bond motifs is 1. The molecule has 3 aromatic rings. The van der Waals surface area contributed by atoms with Gasteiger partial charge in [0.25, 0.3) is 5.91 Å². The fourth-order valence-corrected chi connectivity index (χ4v) is 3.78. The predicted molar refractivity (Wildman–Crippen MR) is 112 cm³/mol. The lowest BCUT2D eigenvalue weighted by Crippen LogP contribution is -2.36. The van der Waals surface area contributed by atoms with Gasteiger partial charge >= 0.3 is 0 Å². The number of anilines is 2. The lowest BCUT2D eigenvalue weighted by molar-refractivity contribution is 0.0975. The maximum absolute atomic E-state index is 13.0. The number of hydrogen-bond donors (Lipinski definition) is 1. The molecule has 2 heterocycles. The zero-order valence-electron chi connectivity index (χ0n) is 15.6. The molecule has 1 aromatic heterocycles. The van der Waals surface area contributed by atoms with Gasteiger partial charge in [-0.25, -0.2) is 0 Å². The second-order valence-corrected chi connectivity index (χ2v) is 7.40. The molecule has 1 atom stereocenters. The minimum absolute atomic E-state index is 0.113. The maximum atomic E-state index is 13.0. The van der Waals surface area contributed by atoms with E-state index in [1.807, 2.05) is 47.4 Å². The summed E-state index contributed by atoms with van der Waals surface area (Å²) in [5.41, 5.74) is 3.66. The SMILES string of the molecule is CC1Cc2ccccc2N1C(=O)c1ccc(NCCc2cccc(Cl)c2)nn1. The number of aromatic nitrogens is 2. The summed E-state index contributed by atoms with van der Waals surface area (Å²) in [5, 5.41) is 12.3. The van der Waals surface area contributed by atoms with Crippen LogP contribution < -0.4 is 10.2 Å². The van der Waals surface area contributed by atoms with Gasteiger partial charge in [-0.2, -0.15) is 0 Å². The van der Waals surface area contributed by atoms with Gasteiger partial charge in [0.15, 0.2) is 5.69 Å². The van der Waals surface area contributed by atoms with Crippen LogP contribution in [0.4, 0.5) is 11.5 Å². The molecule has 0 fully saturated rings. The van der Waals surface area contributed by atoms with Crippen LogP contribution in [0.25, 0.3) is 0 Å². The minimum Gasteiger partial charge on any atom is -0.368 e. The summed E-state index contributed by atoms with van der Waals surface area (Å²) in [4.78, 5) is 14.8. The molecule has 1 unspecified atom stereocenters. The molecule has 142 valence electrons. The highest BCUT2D eigenvalue weighted by Crippen LogP contribution is 2.32. The Balaban J connectivity index is 1.40. The summed E-state index contributed by atoms with van der Waals surface area (Å²) < 4.78 is 0. The molecule has 1 aliphatic heterocycles. The number of nitrogens with one attached hydrogen (secondary N) is 1. The van der Waals surface area contributed by atoms with Gasteiger partial charge in [-0.05, 0) is 61.2 Å². The molecule has 4 rings (SSSR count). The van der Waals surface area contributed by atoms with Gasteiger partial charge in [-0.3, -0.25) is 4.79 Å². The number of carbonyl (C=O) groups is 1. The quantitative estimate of drug-likeness (QED) is 0.700. The minimum atomic E-state index is -0.115. The van der Waals surface area contributed by atoms with Crippen LogP contribution in [-0.2, 0) is 12.8 Å². The van der Waals surface area contributed by atoms with Gasteiger partial charge in [0.2, 0.25) is 0 Å². The van der Waals surface area contributed by atoms with Crippen molar-refractivity contribution in [2.45, 2.75) is 25.8 Å². The monoisotopic (exact) mass is 392 g/mol. The second kappa shape index (κ2) is 7.98. The molecule has 2 aromatic carbocycles. The van der Waals surface area contributed by atoms with Gasteiger partial charge < -0.3 is 10.2 Å². The van der Waals surface area contributed by atoms with Crippen LogP contribution in [0.1, 0.15) is 28.5 Å². The van der Waals surface area contributed by atoms with Gasteiger partial charge in [0, 0.05) is 23.3 Å². The van der Waals surface area contributed by atoms with Crippen molar-refractivity contribution in [1.82, 2.24) is 10.2 Å². The molecule has 6 heteroatoms. The molecule has 1 amide bonds. The van der Waals surface area contributed by atoms with Crippen LogP contribution in [0, 0.1) is 0 Å². The maximum Gasteiger partial charge on any atom is 0.279 e. The standard InChI is InChI=1S/C22H21ClN4O/c1-15-13-17-6-2-3-8-20(17)27(15)22(28)19-9-10-21(26-25-19)24-12-11-16-5-4-7-18(23)14-16/h2-10,14-15H,11-13H2,1H3,(H,24,26). The third-order valence-corrected chi connectivity index (χ3v) is 5.15. The Labute approximate surface area is 169 Å². The van der Waals surface area contributed by atoms with E-state index < -0.39 is 0 Å². The first-order chi connectivity index (χ1) is 13.6. The average Bonchev–Trinajstić information content (AvgIpc) is 3.04. The van der Waals surface area contributed by atoms with Gasteiger partial charge in [-0.15, -0.1) is 10.2 Å². The van der Waals surface area contributed by atoms with Crippen molar-refractivity contribution >= 4 is 29.0 Å². The van der Waals surface area contributed by atoms with Crippen LogP contribution in [0.15, 0.2) is 60.7 Å². The molecular formula is C22H21ClN4O. The zero-order valence-corrected chi connectivity index (χ0v) is 16.4. The number of nitrogens with zero attached hydrogens (tertiary/aromatic N) is 3. The van der Waals surface area contributed by atoms with Gasteiger partial charge in [-0.1, -0.05) is 41.9 Å². The molecule has 1 N–H and O–H groups in total. The fraction of sp³-hybridized carbons (Fsp3) is 0.227. The largest absolute Gasteiger partial charge is 0.368 e. The molecule has 0 radical (unpaired) electrons. The Morgan fingerprint density at radius 2 is 2.00 bits per heavy atom. The summed E-state index contributed by atoms with van der Waals surface area (Å²) >= 11 is 6.00. The number of carbonyl (C=O) groups excluding carboxylic acids is 1. The number of benzene rings is 2. The lowest BCUT2D eigenvalue weighted by atomic mass is 10.1. The second-order valence-electron chi connectivity index (χ2n) is 6.97. The Morgan fingerprint density at radius 3 is 2.79 bits per heavy atom. The van der Waals surface area contributed by atoms with E-state index in [2.05, 4.69) is 28.5 Å². The topological polar surface area (TPSA) is 58.1 Å². The van der Waals surface area contributed by atoms with Crippen LogP contribution >= 0.6 is 11.6 Å². The normalized spacial score (nSPS) is 15.4. The molecule has 1 aliphatic rings. The zero-order chi connectivity index (χ0) is 19.5. The average molecular weight is 393 g/mol. The van der Waals surface area contributed by atoms with E-state index in [0.717, 1.165) is 29.1 Å². The summed E-state index contributed by atoms with van der Waals surface area (Å²) in [6, 6.07) is 19.4. The Hall–Kier alpha value is -2.92. The first-order valence-electron chi connectivity index (χ1n) is 9.35. The molecule has 5 nitrogen and oxygen atoms in total. The van der Waals surface area contributed by atoms with E-state index in [1.165, 1.54) is 5.56 Å². The van der Waals surface area contributed by atoms with E-state index >= 15 is 0 Å². The predicted octanol–water partition coefficient (Wildman–Crippen LogP) is 4.38. The summed E-state index contributed by atoms with van der Waals surface area (Å²) in [6.45, 7) is 2.76. The highest BCUT2D eigenvalue weighted by Gasteiger charge is 2.31. The summed E-state index contributed by atoms with van der Waals surface area (Å²) in [7, 11) is 0. The van der Waals surface area contributed by atoms with Crippen LogP contribution in [0.2, 0.25) is 5.02 Å². The van der Waals surface area contributed by atoms with Crippen molar-refractivity contribution in [3.05, 3.63) is 82.5 Å². The first-order valence-corrected chi connectivity index (χ1v) is 9.73. The molecule has 0 saturated carbocycles.